The number of piperidine rings is 1. The van der Waals surface area contributed by atoms with Crippen molar-refractivity contribution in [3.8, 4) is 5.88 Å². The highest BCUT2D eigenvalue weighted by molar-refractivity contribution is 14.0. The van der Waals surface area contributed by atoms with Crippen molar-refractivity contribution in [2.45, 2.75) is 38.6 Å². The highest BCUT2D eigenvalue weighted by Gasteiger charge is 2.23. The molecule has 1 amide bonds. The minimum atomic E-state index is 0. The molecule has 2 heterocycles. The molecular formula is C20H32IN5O2. The third kappa shape index (κ3) is 7.10. The van der Waals surface area contributed by atoms with E-state index < -0.39 is 0 Å². The van der Waals surface area contributed by atoms with Crippen molar-refractivity contribution in [1.82, 2.24) is 20.5 Å². The van der Waals surface area contributed by atoms with E-state index in [1.165, 1.54) is 12.8 Å². The van der Waals surface area contributed by atoms with Gasteiger partial charge in [-0.1, -0.05) is 6.07 Å². The van der Waals surface area contributed by atoms with Gasteiger partial charge < -0.3 is 20.3 Å². The number of hydrogen-bond acceptors (Lipinski definition) is 4. The number of carbonyl (C=O) groups is 1. The highest BCUT2D eigenvalue weighted by atomic mass is 127. The van der Waals surface area contributed by atoms with Crippen LogP contribution in [0.5, 0.6) is 5.88 Å². The van der Waals surface area contributed by atoms with Gasteiger partial charge in [-0.25, -0.2) is 4.98 Å². The number of guanidine groups is 1. The molecule has 0 radical (unpaired) electrons. The molecule has 0 spiro atoms. The number of nitrogens with zero attached hydrogens (tertiary/aromatic N) is 3. The van der Waals surface area contributed by atoms with Gasteiger partial charge >= 0.3 is 0 Å². The van der Waals surface area contributed by atoms with Crippen LogP contribution >= 0.6 is 24.0 Å². The van der Waals surface area contributed by atoms with E-state index in [-0.39, 0.29) is 29.9 Å². The quantitative estimate of drug-likeness (QED) is 0.341. The minimum Gasteiger partial charge on any atom is -0.477 e. The van der Waals surface area contributed by atoms with Crippen molar-refractivity contribution in [3.63, 3.8) is 0 Å². The Hall–Kier alpha value is -1.58. The second-order valence-electron chi connectivity index (χ2n) is 7.47. The second-order valence-corrected chi connectivity index (χ2v) is 7.47. The number of rotatable bonds is 7. The summed E-state index contributed by atoms with van der Waals surface area (Å²) in [5.74, 6) is 2.94. The van der Waals surface area contributed by atoms with Gasteiger partial charge in [-0.05, 0) is 43.1 Å². The van der Waals surface area contributed by atoms with Crippen LogP contribution < -0.4 is 15.4 Å². The van der Waals surface area contributed by atoms with Crippen LogP contribution in [0.1, 0.15) is 37.7 Å². The van der Waals surface area contributed by atoms with Gasteiger partial charge in [0.15, 0.2) is 5.96 Å². The van der Waals surface area contributed by atoms with Gasteiger partial charge in [-0.2, -0.15) is 0 Å². The fraction of sp³-hybridized carbons (Fsp3) is 0.650. The molecule has 0 unspecified atom stereocenters. The number of hydrogen-bond donors (Lipinski definition) is 2. The smallest absolute Gasteiger partial charge is 0.220 e. The Bertz CT molecular complexity index is 641. The molecule has 3 rings (SSSR count). The van der Waals surface area contributed by atoms with E-state index in [1.807, 2.05) is 25.4 Å². The summed E-state index contributed by atoms with van der Waals surface area (Å²) in [7, 11) is 3.51. The van der Waals surface area contributed by atoms with E-state index >= 15 is 0 Å². The normalized spacial score (nSPS) is 17.6. The summed E-state index contributed by atoms with van der Waals surface area (Å²) < 4.78 is 5.68. The molecule has 28 heavy (non-hydrogen) atoms. The first-order chi connectivity index (χ1) is 13.2. The van der Waals surface area contributed by atoms with E-state index in [9.17, 15) is 4.79 Å². The Labute approximate surface area is 184 Å². The summed E-state index contributed by atoms with van der Waals surface area (Å²) in [6.07, 6.45) is 7.08. The average molecular weight is 501 g/mol. The van der Waals surface area contributed by atoms with Crippen LogP contribution in [0.2, 0.25) is 0 Å². The molecule has 1 saturated carbocycles. The van der Waals surface area contributed by atoms with Gasteiger partial charge in [0.05, 0.1) is 6.61 Å². The fourth-order valence-corrected chi connectivity index (χ4v) is 3.32. The van der Waals surface area contributed by atoms with Gasteiger partial charge in [0, 0.05) is 52.4 Å². The Morgan fingerprint density at radius 2 is 2.00 bits per heavy atom. The zero-order valence-electron chi connectivity index (χ0n) is 16.8. The minimum absolute atomic E-state index is 0. The van der Waals surface area contributed by atoms with Crippen molar-refractivity contribution in [1.29, 1.82) is 0 Å². The molecular weight excluding hydrogens is 469 g/mol. The van der Waals surface area contributed by atoms with Crippen LogP contribution in [0.4, 0.5) is 0 Å². The molecule has 1 aromatic heterocycles. The number of aromatic nitrogens is 1. The summed E-state index contributed by atoms with van der Waals surface area (Å²) in [6.45, 7) is 3.31. The molecule has 7 nitrogen and oxygen atoms in total. The van der Waals surface area contributed by atoms with Gasteiger partial charge in [0.2, 0.25) is 11.8 Å². The fourth-order valence-electron chi connectivity index (χ4n) is 3.32. The van der Waals surface area contributed by atoms with Crippen LogP contribution in [0.3, 0.4) is 0 Å². The van der Waals surface area contributed by atoms with E-state index in [2.05, 4.69) is 25.5 Å². The molecule has 8 heteroatoms. The van der Waals surface area contributed by atoms with Crippen molar-refractivity contribution in [3.05, 3.63) is 23.9 Å². The molecule has 156 valence electrons. The molecule has 1 saturated heterocycles. The van der Waals surface area contributed by atoms with Gasteiger partial charge in [-0.3, -0.25) is 9.79 Å². The zero-order valence-corrected chi connectivity index (χ0v) is 19.1. The molecule has 1 aromatic rings. The first-order valence-electron chi connectivity index (χ1n) is 9.92. The van der Waals surface area contributed by atoms with Crippen LogP contribution in [0.25, 0.3) is 0 Å². The van der Waals surface area contributed by atoms with Crippen LogP contribution in [0.15, 0.2) is 23.3 Å². The lowest BCUT2D eigenvalue weighted by Gasteiger charge is -2.34. The lowest BCUT2D eigenvalue weighted by atomic mass is 9.93. The highest BCUT2D eigenvalue weighted by Crippen LogP contribution is 2.29. The summed E-state index contributed by atoms with van der Waals surface area (Å²) in [6, 6.07) is 3.98. The maximum absolute atomic E-state index is 11.5. The molecule has 0 aromatic carbocycles. The first kappa shape index (κ1) is 22.7. The number of carbonyl (C=O) groups excluding carboxylic acids is 1. The second kappa shape index (κ2) is 11.4. The first-order valence-corrected chi connectivity index (χ1v) is 9.92. The topological polar surface area (TPSA) is 78.9 Å². The van der Waals surface area contributed by atoms with E-state index in [1.54, 1.807) is 7.05 Å². The number of likely N-dealkylation sites (tertiary alicyclic amines) is 1. The maximum Gasteiger partial charge on any atom is 0.220 e. The maximum atomic E-state index is 11.5. The third-order valence-electron chi connectivity index (χ3n) is 5.29. The predicted molar refractivity (Wildman–Crippen MR) is 121 cm³/mol. The lowest BCUT2D eigenvalue weighted by Crippen LogP contribution is -2.45. The lowest BCUT2D eigenvalue weighted by molar-refractivity contribution is -0.121. The molecule has 0 atom stereocenters. The molecule has 1 aliphatic carbocycles. The Morgan fingerprint density at radius 1 is 1.25 bits per heavy atom. The predicted octanol–water partition coefficient (Wildman–Crippen LogP) is 2.41. The van der Waals surface area contributed by atoms with Crippen LogP contribution in [0, 0.1) is 11.8 Å². The largest absolute Gasteiger partial charge is 0.477 e. The molecule has 2 N–H and O–H groups in total. The molecule has 2 fully saturated rings. The van der Waals surface area contributed by atoms with Crippen molar-refractivity contribution < 1.29 is 9.53 Å². The molecule has 2 aliphatic rings. The van der Waals surface area contributed by atoms with Gasteiger partial charge in [-0.15, -0.1) is 24.0 Å². The summed E-state index contributed by atoms with van der Waals surface area (Å²) in [5.41, 5.74) is 1.10. The number of halogens is 1. The standard InChI is InChI=1S/C20H31N5O2.HI/c1-21-18(26)11-15-7-9-25(10-8-15)20(22-2)24-13-17-5-6-19(23-12-17)27-14-16-3-4-16;/h5-6,12,15-16H,3-4,7-11,13-14H2,1-2H3,(H,21,26)(H,22,24);1H. The average Bonchev–Trinajstić information content (AvgIpc) is 3.53. The van der Waals surface area contributed by atoms with Crippen molar-refractivity contribution >= 4 is 35.8 Å². The van der Waals surface area contributed by atoms with Crippen molar-refractivity contribution in [2.75, 3.05) is 33.8 Å². The van der Waals surface area contributed by atoms with Crippen LogP contribution in [-0.2, 0) is 11.3 Å². The summed E-state index contributed by atoms with van der Waals surface area (Å²) in [5, 5.41) is 6.13. The number of aliphatic imine (C=N–C) groups is 1. The van der Waals surface area contributed by atoms with E-state index in [0.29, 0.717) is 24.8 Å². The number of ether oxygens (including phenoxy) is 1. The number of nitrogens with one attached hydrogen (secondary N) is 2. The van der Waals surface area contributed by atoms with Crippen LogP contribution in [-0.4, -0.2) is 55.5 Å². The van der Waals surface area contributed by atoms with Gasteiger partial charge in [0.25, 0.3) is 0 Å². The Balaban J connectivity index is 0.00000280. The zero-order chi connectivity index (χ0) is 19.1. The number of pyridine rings is 1. The van der Waals surface area contributed by atoms with Crippen molar-refractivity contribution in [2.24, 2.45) is 16.8 Å². The van der Waals surface area contributed by atoms with Gasteiger partial charge in [0.1, 0.15) is 0 Å². The van der Waals surface area contributed by atoms with E-state index in [4.69, 9.17) is 4.74 Å². The molecule has 0 bridgehead atoms. The monoisotopic (exact) mass is 501 g/mol. The van der Waals surface area contributed by atoms with E-state index in [0.717, 1.165) is 50.0 Å². The summed E-state index contributed by atoms with van der Waals surface area (Å²) >= 11 is 0. The Kier molecular flexibility index (Phi) is 9.27. The third-order valence-corrected chi connectivity index (χ3v) is 5.29. The Morgan fingerprint density at radius 3 is 2.57 bits per heavy atom. The molecule has 1 aliphatic heterocycles. The number of amides is 1. The SMILES string of the molecule is CN=C(NCc1ccc(OCC2CC2)nc1)N1CCC(CC(=O)NC)CC1.I. The summed E-state index contributed by atoms with van der Waals surface area (Å²) in [4.78, 5) is 22.6.